The Hall–Kier alpha value is -2.24. The van der Waals surface area contributed by atoms with Crippen LogP contribution in [0.15, 0.2) is 36.4 Å². The van der Waals surface area contributed by atoms with Crippen molar-refractivity contribution in [2.45, 2.75) is 53.1 Å². The molecule has 0 bridgehead atoms. The van der Waals surface area contributed by atoms with E-state index < -0.39 is 6.04 Å². The van der Waals surface area contributed by atoms with Crippen molar-refractivity contribution in [1.29, 1.82) is 0 Å². The molecule has 168 valence electrons. The van der Waals surface area contributed by atoms with E-state index >= 15 is 0 Å². The lowest BCUT2D eigenvalue weighted by molar-refractivity contribution is -0.142. The standard InChI is InChI=1S/C24H30Cl2N2O3/c1-5-6-10-27-24(30)18(4)28(14-19-8-7-9-20(25)13-19)22(29)15-31-21-11-16(2)23(26)17(3)12-21/h7-9,11-13,18H,5-6,10,14-15H2,1-4H3,(H,27,30)/t18-/m0/s1. The lowest BCUT2D eigenvalue weighted by Gasteiger charge is -2.29. The summed E-state index contributed by atoms with van der Waals surface area (Å²) in [5, 5.41) is 4.15. The van der Waals surface area contributed by atoms with Gasteiger partial charge in [0.25, 0.3) is 5.91 Å². The van der Waals surface area contributed by atoms with Crippen molar-refractivity contribution in [2.75, 3.05) is 13.2 Å². The number of hydrogen-bond acceptors (Lipinski definition) is 3. The highest BCUT2D eigenvalue weighted by Crippen LogP contribution is 2.26. The van der Waals surface area contributed by atoms with E-state index in [-0.39, 0.29) is 25.0 Å². The zero-order valence-corrected chi connectivity index (χ0v) is 20.0. The number of amides is 2. The number of aryl methyl sites for hydroxylation is 2. The zero-order chi connectivity index (χ0) is 23.0. The summed E-state index contributed by atoms with van der Waals surface area (Å²) >= 11 is 12.3. The second-order valence-corrected chi connectivity index (χ2v) is 8.45. The van der Waals surface area contributed by atoms with Gasteiger partial charge in [-0.15, -0.1) is 0 Å². The third kappa shape index (κ3) is 7.44. The minimum Gasteiger partial charge on any atom is -0.484 e. The van der Waals surface area contributed by atoms with E-state index in [1.165, 1.54) is 4.90 Å². The Labute approximate surface area is 194 Å². The fourth-order valence-corrected chi connectivity index (χ4v) is 3.49. The molecule has 0 heterocycles. The van der Waals surface area contributed by atoms with Gasteiger partial charge in [-0.05, 0) is 68.1 Å². The number of nitrogens with zero attached hydrogens (tertiary/aromatic N) is 1. The number of ether oxygens (including phenoxy) is 1. The molecule has 1 N–H and O–H groups in total. The minimum atomic E-state index is -0.652. The van der Waals surface area contributed by atoms with Crippen LogP contribution in [0.3, 0.4) is 0 Å². The summed E-state index contributed by atoms with van der Waals surface area (Å²) in [6.45, 7) is 8.20. The van der Waals surface area contributed by atoms with Gasteiger partial charge >= 0.3 is 0 Å². The molecule has 0 aliphatic rings. The lowest BCUT2D eigenvalue weighted by Crippen LogP contribution is -2.49. The molecule has 0 saturated heterocycles. The first kappa shape index (κ1) is 25.0. The molecule has 0 fully saturated rings. The summed E-state index contributed by atoms with van der Waals surface area (Å²) < 4.78 is 5.75. The van der Waals surface area contributed by atoms with Gasteiger partial charge in [-0.1, -0.05) is 48.7 Å². The maximum atomic E-state index is 13.1. The minimum absolute atomic E-state index is 0.187. The van der Waals surface area contributed by atoms with Crippen molar-refractivity contribution >= 4 is 35.0 Å². The number of rotatable bonds is 10. The van der Waals surface area contributed by atoms with Crippen molar-refractivity contribution in [1.82, 2.24) is 10.2 Å². The van der Waals surface area contributed by atoms with Crippen LogP contribution in [0.4, 0.5) is 0 Å². The second-order valence-electron chi connectivity index (χ2n) is 7.63. The average Bonchev–Trinajstić information content (AvgIpc) is 2.73. The molecule has 0 aliphatic heterocycles. The Balaban J connectivity index is 2.15. The van der Waals surface area contributed by atoms with E-state index in [2.05, 4.69) is 12.2 Å². The van der Waals surface area contributed by atoms with Crippen LogP contribution in [-0.4, -0.2) is 35.9 Å². The van der Waals surface area contributed by atoms with E-state index in [9.17, 15) is 9.59 Å². The van der Waals surface area contributed by atoms with E-state index in [0.29, 0.717) is 22.3 Å². The summed E-state index contributed by atoms with van der Waals surface area (Å²) in [6, 6.07) is 10.2. The van der Waals surface area contributed by atoms with Crippen LogP contribution in [0.5, 0.6) is 5.75 Å². The largest absolute Gasteiger partial charge is 0.484 e. The van der Waals surface area contributed by atoms with Crippen LogP contribution in [0.1, 0.15) is 43.4 Å². The van der Waals surface area contributed by atoms with Gasteiger partial charge < -0.3 is 15.0 Å². The maximum absolute atomic E-state index is 13.1. The summed E-state index contributed by atoms with van der Waals surface area (Å²) in [5.74, 6) is 0.0842. The molecule has 31 heavy (non-hydrogen) atoms. The summed E-state index contributed by atoms with van der Waals surface area (Å²) in [7, 11) is 0. The van der Waals surface area contributed by atoms with Gasteiger partial charge in [0.05, 0.1) is 0 Å². The number of nitrogens with one attached hydrogen (secondary N) is 1. The molecule has 7 heteroatoms. The van der Waals surface area contributed by atoms with Gasteiger partial charge in [0.1, 0.15) is 11.8 Å². The second kappa shape index (κ2) is 12.0. The molecule has 0 aliphatic carbocycles. The highest BCUT2D eigenvalue weighted by molar-refractivity contribution is 6.32. The van der Waals surface area contributed by atoms with E-state index in [0.717, 1.165) is 29.5 Å². The molecule has 0 aromatic heterocycles. The Bertz CT molecular complexity index is 894. The molecule has 2 aromatic carbocycles. The van der Waals surface area contributed by atoms with E-state index in [1.54, 1.807) is 31.2 Å². The molecule has 2 rings (SSSR count). The quantitative estimate of drug-likeness (QED) is 0.483. The predicted octanol–water partition coefficient (Wildman–Crippen LogP) is 5.32. The van der Waals surface area contributed by atoms with Gasteiger partial charge in [0.2, 0.25) is 5.91 Å². The number of halogens is 2. The highest BCUT2D eigenvalue weighted by atomic mass is 35.5. The van der Waals surface area contributed by atoms with Crippen LogP contribution in [0, 0.1) is 13.8 Å². The van der Waals surface area contributed by atoms with Gasteiger partial charge in [-0.25, -0.2) is 0 Å². The first-order chi connectivity index (χ1) is 14.7. The SMILES string of the molecule is CCCCNC(=O)[C@H](C)N(Cc1cccc(Cl)c1)C(=O)COc1cc(C)c(Cl)c(C)c1. The van der Waals surface area contributed by atoms with E-state index in [4.69, 9.17) is 27.9 Å². The Morgan fingerprint density at radius 2 is 1.81 bits per heavy atom. The lowest BCUT2D eigenvalue weighted by atomic mass is 10.1. The molecule has 0 radical (unpaired) electrons. The number of carbonyl (C=O) groups excluding carboxylic acids is 2. The van der Waals surface area contributed by atoms with Crippen molar-refractivity contribution in [3.8, 4) is 5.75 Å². The van der Waals surface area contributed by atoms with Gasteiger partial charge in [0, 0.05) is 23.1 Å². The molecular weight excluding hydrogens is 435 g/mol. The third-order valence-corrected chi connectivity index (χ3v) is 5.84. The molecule has 2 amide bonds. The summed E-state index contributed by atoms with van der Waals surface area (Å²) in [4.78, 5) is 27.2. The smallest absolute Gasteiger partial charge is 0.261 e. The Morgan fingerprint density at radius 3 is 2.42 bits per heavy atom. The average molecular weight is 465 g/mol. The number of hydrogen-bond donors (Lipinski definition) is 1. The fourth-order valence-electron chi connectivity index (χ4n) is 3.17. The number of benzene rings is 2. The fraction of sp³-hybridized carbons (Fsp3) is 0.417. The van der Waals surface area contributed by atoms with Gasteiger partial charge in [0.15, 0.2) is 6.61 Å². The molecule has 0 spiro atoms. The normalized spacial score (nSPS) is 11.7. The molecular formula is C24H30Cl2N2O3. The van der Waals surface area contributed by atoms with Gasteiger partial charge in [-0.2, -0.15) is 0 Å². The van der Waals surface area contributed by atoms with Crippen LogP contribution in [0.25, 0.3) is 0 Å². The number of unbranched alkanes of at least 4 members (excludes halogenated alkanes) is 1. The number of carbonyl (C=O) groups is 2. The van der Waals surface area contributed by atoms with Crippen LogP contribution >= 0.6 is 23.2 Å². The van der Waals surface area contributed by atoms with Crippen molar-refractivity contribution in [3.63, 3.8) is 0 Å². The zero-order valence-electron chi connectivity index (χ0n) is 18.5. The van der Waals surface area contributed by atoms with Crippen LogP contribution in [0.2, 0.25) is 10.0 Å². The Kier molecular flexibility index (Phi) is 9.66. The van der Waals surface area contributed by atoms with Crippen molar-refractivity contribution < 1.29 is 14.3 Å². The molecule has 2 aromatic rings. The topological polar surface area (TPSA) is 58.6 Å². The Morgan fingerprint density at radius 1 is 1.13 bits per heavy atom. The predicted molar refractivity (Wildman–Crippen MR) is 126 cm³/mol. The first-order valence-corrected chi connectivity index (χ1v) is 11.2. The highest BCUT2D eigenvalue weighted by Gasteiger charge is 2.26. The van der Waals surface area contributed by atoms with E-state index in [1.807, 2.05) is 26.0 Å². The summed E-state index contributed by atoms with van der Waals surface area (Å²) in [5.41, 5.74) is 2.60. The van der Waals surface area contributed by atoms with Crippen LogP contribution < -0.4 is 10.1 Å². The molecule has 0 saturated carbocycles. The maximum Gasteiger partial charge on any atom is 0.261 e. The van der Waals surface area contributed by atoms with Crippen molar-refractivity contribution in [3.05, 3.63) is 63.1 Å². The van der Waals surface area contributed by atoms with Crippen LogP contribution in [-0.2, 0) is 16.1 Å². The van der Waals surface area contributed by atoms with Gasteiger partial charge in [-0.3, -0.25) is 9.59 Å². The molecule has 5 nitrogen and oxygen atoms in total. The first-order valence-electron chi connectivity index (χ1n) is 10.4. The summed E-state index contributed by atoms with van der Waals surface area (Å²) in [6.07, 6.45) is 1.87. The third-order valence-electron chi connectivity index (χ3n) is 5.01. The van der Waals surface area contributed by atoms with Crippen molar-refractivity contribution in [2.24, 2.45) is 0 Å². The monoisotopic (exact) mass is 464 g/mol. The molecule has 1 atom stereocenters. The molecule has 0 unspecified atom stereocenters.